The van der Waals surface area contributed by atoms with Gasteiger partial charge in [0.15, 0.2) is 0 Å². The van der Waals surface area contributed by atoms with E-state index in [4.69, 9.17) is 11.6 Å². The van der Waals surface area contributed by atoms with E-state index in [1.54, 1.807) is 0 Å². The fraction of sp³-hybridized carbons (Fsp3) is 0.375. The smallest absolute Gasteiger partial charge is 0.0628 e. The normalized spacial score (nSPS) is 10.0. The van der Waals surface area contributed by atoms with E-state index in [1.165, 1.54) is 0 Å². The van der Waals surface area contributed by atoms with Gasteiger partial charge in [-0.3, -0.25) is 4.68 Å². The summed E-state index contributed by atoms with van der Waals surface area (Å²) in [6, 6.07) is 1.96. The van der Waals surface area contributed by atoms with E-state index in [-0.39, 0.29) is 0 Å². The van der Waals surface area contributed by atoms with Crippen LogP contribution in [0.3, 0.4) is 0 Å². The van der Waals surface area contributed by atoms with Gasteiger partial charge in [-0.1, -0.05) is 6.58 Å². The Labute approximate surface area is 71.5 Å². The summed E-state index contributed by atoms with van der Waals surface area (Å²) in [5.41, 5.74) is 2.00. The standard InChI is InChI=1S/C8H11ClN2/c1-7(5-9)6-11-4-3-8(2)10-11/h3-4H,1,5-6H2,2H3. The second-order valence-electron chi connectivity index (χ2n) is 2.54. The van der Waals surface area contributed by atoms with Crippen molar-refractivity contribution in [3.8, 4) is 0 Å². The van der Waals surface area contributed by atoms with Crippen molar-refractivity contribution in [2.75, 3.05) is 5.88 Å². The van der Waals surface area contributed by atoms with Crippen LogP contribution in [0.25, 0.3) is 0 Å². The number of rotatable bonds is 3. The number of alkyl halides is 1. The van der Waals surface area contributed by atoms with Gasteiger partial charge in [-0.15, -0.1) is 11.6 Å². The zero-order chi connectivity index (χ0) is 8.27. The Morgan fingerprint density at radius 1 is 1.82 bits per heavy atom. The number of allylic oxidation sites excluding steroid dienone is 1. The lowest BCUT2D eigenvalue weighted by Crippen LogP contribution is -2.01. The summed E-state index contributed by atoms with van der Waals surface area (Å²) in [5, 5.41) is 4.20. The van der Waals surface area contributed by atoms with Gasteiger partial charge in [0.05, 0.1) is 12.2 Å². The van der Waals surface area contributed by atoms with Crippen LogP contribution >= 0.6 is 11.6 Å². The molecule has 1 heterocycles. The van der Waals surface area contributed by atoms with Crippen LogP contribution in [0, 0.1) is 6.92 Å². The summed E-state index contributed by atoms with van der Waals surface area (Å²) in [6.45, 7) is 6.46. The maximum absolute atomic E-state index is 5.57. The van der Waals surface area contributed by atoms with Crippen molar-refractivity contribution in [3.63, 3.8) is 0 Å². The summed E-state index contributed by atoms with van der Waals surface area (Å²) >= 11 is 5.57. The second kappa shape index (κ2) is 3.58. The molecule has 0 amide bonds. The number of hydrogen-bond donors (Lipinski definition) is 0. The van der Waals surface area contributed by atoms with Crippen LogP contribution in [0.5, 0.6) is 0 Å². The van der Waals surface area contributed by atoms with Gasteiger partial charge < -0.3 is 0 Å². The van der Waals surface area contributed by atoms with E-state index in [0.717, 1.165) is 17.8 Å². The number of aryl methyl sites for hydroxylation is 1. The third-order valence-electron chi connectivity index (χ3n) is 1.35. The number of hydrogen-bond acceptors (Lipinski definition) is 1. The topological polar surface area (TPSA) is 17.8 Å². The highest BCUT2D eigenvalue weighted by Crippen LogP contribution is 1.99. The Hall–Kier alpha value is -0.760. The first-order chi connectivity index (χ1) is 5.22. The largest absolute Gasteiger partial charge is 0.268 e. The summed E-state index contributed by atoms with van der Waals surface area (Å²) < 4.78 is 1.83. The number of aromatic nitrogens is 2. The molecule has 0 atom stereocenters. The van der Waals surface area contributed by atoms with Gasteiger partial charge in [0, 0.05) is 12.1 Å². The minimum absolute atomic E-state index is 0.499. The van der Waals surface area contributed by atoms with Crippen LogP contribution in [0.15, 0.2) is 24.4 Å². The van der Waals surface area contributed by atoms with Gasteiger partial charge in [0.2, 0.25) is 0 Å². The molecule has 11 heavy (non-hydrogen) atoms. The maximum atomic E-state index is 5.57. The average Bonchev–Trinajstić information content (AvgIpc) is 2.35. The molecule has 0 bridgehead atoms. The van der Waals surface area contributed by atoms with Crippen LogP contribution in [-0.2, 0) is 6.54 Å². The Kier molecular flexibility index (Phi) is 2.71. The van der Waals surface area contributed by atoms with Gasteiger partial charge >= 0.3 is 0 Å². The summed E-state index contributed by atoms with van der Waals surface area (Å²) in [5.74, 6) is 0.499. The predicted molar refractivity (Wildman–Crippen MR) is 46.8 cm³/mol. The first kappa shape index (κ1) is 8.34. The fourth-order valence-corrected chi connectivity index (χ4v) is 0.907. The molecule has 0 saturated carbocycles. The van der Waals surface area contributed by atoms with Crippen molar-refractivity contribution in [2.45, 2.75) is 13.5 Å². The fourth-order valence-electron chi connectivity index (χ4n) is 0.823. The Morgan fingerprint density at radius 2 is 2.55 bits per heavy atom. The molecule has 0 N–H and O–H groups in total. The zero-order valence-corrected chi connectivity index (χ0v) is 7.30. The molecular formula is C8H11ClN2. The third-order valence-corrected chi connectivity index (χ3v) is 1.73. The lowest BCUT2D eigenvalue weighted by atomic mass is 10.3. The lowest BCUT2D eigenvalue weighted by molar-refractivity contribution is 0.673. The predicted octanol–water partition coefficient (Wildman–Crippen LogP) is 1.99. The average molecular weight is 171 g/mol. The van der Waals surface area contributed by atoms with Gasteiger partial charge in [-0.05, 0) is 18.6 Å². The maximum Gasteiger partial charge on any atom is 0.0628 e. The van der Waals surface area contributed by atoms with Gasteiger partial charge in [0.1, 0.15) is 0 Å². The summed E-state index contributed by atoms with van der Waals surface area (Å²) in [6.07, 6.45) is 1.92. The minimum Gasteiger partial charge on any atom is -0.268 e. The molecule has 60 valence electrons. The molecule has 2 nitrogen and oxygen atoms in total. The molecule has 0 fully saturated rings. The molecule has 0 unspecified atom stereocenters. The monoisotopic (exact) mass is 170 g/mol. The van der Waals surface area contributed by atoms with E-state index in [2.05, 4.69) is 11.7 Å². The van der Waals surface area contributed by atoms with Crippen LogP contribution in [0.2, 0.25) is 0 Å². The molecule has 0 aromatic carbocycles. The van der Waals surface area contributed by atoms with Crippen molar-refractivity contribution in [1.29, 1.82) is 0 Å². The summed E-state index contributed by atoms with van der Waals surface area (Å²) in [4.78, 5) is 0. The van der Waals surface area contributed by atoms with E-state index in [9.17, 15) is 0 Å². The van der Waals surface area contributed by atoms with E-state index >= 15 is 0 Å². The van der Waals surface area contributed by atoms with E-state index < -0.39 is 0 Å². The molecule has 0 radical (unpaired) electrons. The lowest BCUT2D eigenvalue weighted by Gasteiger charge is -2.00. The van der Waals surface area contributed by atoms with Crippen LogP contribution in [0.1, 0.15) is 5.69 Å². The van der Waals surface area contributed by atoms with Gasteiger partial charge in [-0.2, -0.15) is 5.10 Å². The third kappa shape index (κ3) is 2.39. The Morgan fingerprint density at radius 3 is 3.00 bits per heavy atom. The highest BCUT2D eigenvalue weighted by atomic mass is 35.5. The van der Waals surface area contributed by atoms with Crippen LogP contribution in [0.4, 0.5) is 0 Å². The van der Waals surface area contributed by atoms with E-state index in [1.807, 2.05) is 23.9 Å². The minimum atomic E-state index is 0.499. The molecule has 0 spiro atoms. The molecule has 3 heteroatoms. The molecule has 1 aromatic rings. The highest BCUT2D eigenvalue weighted by molar-refractivity contribution is 6.19. The van der Waals surface area contributed by atoms with Crippen LogP contribution < -0.4 is 0 Å². The molecule has 0 aliphatic carbocycles. The molecule has 0 saturated heterocycles. The molecule has 0 aliphatic rings. The van der Waals surface area contributed by atoms with Gasteiger partial charge in [-0.25, -0.2) is 0 Å². The SMILES string of the molecule is C=C(CCl)Cn1ccc(C)n1. The van der Waals surface area contributed by atoms with Crippen molar-refractivity contribution in [2.24, 2.45) is 0 Å². The highest BCUT2D eigenvalue weighted by Gasteiger charge is 1.95. The quantitative estimate of drug-likeness (QED) is 0.501. The summed E-state index contributed by atoms with van der Waals surface area (Å²) in [7, 11) is 0. The van der Waals surface area contributed by atoms with Crippen molar-refractivity contribution >= 4 is 11.6 Å². The Bertz CT molecular complexity index is 252. The molecule has 1 aromatic heterocycles. The van der Waals surface area contributed by atoms with E-state index in [0.29, 0.717) is 5.88 Å². The number of halogens is 1. The van der Waals surface area contributed by atoms with Gasteiger partial charge in [0.25, 0.3) is 0 Å². The number of nitrogens with zero attached hydrogens (tertiary/aromatic N) is 2. The first-order valence-electron chi connectivity index (χ1n) is 3.45. The van der Waals surface area contributed by atoms with Crippen molar-refractivity contribution in [1.82, 2.24) is 9.78 Å². The molecule has 1 rings (SSSR count). The van der Waals surface area contributed by atoms with Crippen molar-refractivity contribution < 1.29 is 0 Å². The zero-order valence-electron chi connectivity index (χ0n) is 6.55. The second-order valence-corrected chi connectivity index (χ2v) is 2.81. The van der Waals surface area contributed by atoms with Crippen molar-refractivity contribution in [3.05, 3.63) is 30.1 Å². The molecule has 0 aliphatic heterocycles. The Balaban J connectivity index is 2.57. The first-order valence-corrected chi connectivity index (χ1v) is 3.98. The van der Waals surface area contributed by atoms with Crippen LogP contribution in [-0.4, -0.2) is 15.7 Å². The molecular weight excluding hydrogens is 160 g/mol.